The molecule has 0 saturated carbocycles. The number of rotatable bonds is 8. The van der Waals surface area contributed by atoms with Crippen molar-refractivity contribution in [3.05, 3.63) is 35.9 Å². The molecule has 0 aliphatic heterocycles. The first-order valence-corrected chi connectivity index (χ1v) is 8.62. The molecule has 0 amide bonds. The average Bonchev–Trinajstić information content (AvgIpc) is 2.51. The van der Waals surface area contributed by atoms with Gasteiger partial charge in [-0.15, -0.1) is 0 Å². The molecule has 27 heavy (non-hydrogen) atoms. The van der Waals surface area contributed by atoms with Crippen LogP contribution in [-0.2, 0) is 40.0 Å². The van der Waals surface area contributed by atoms with Crippen LogP contribution in [0.25, 0.3) is 0 Å². The van der Waals surface area contributed by atoms with E-state index >= 15 is 0 Å². The molecule has 0 aliphatic rings. The maximum atomic E-state index is 12.5. The van der Waals surface area contributed by atoms with Gasteiger partial charge in [-0.05, 0) is 40.2 Å². The van der Waals surface area contributed by atoms with Gasteiger partial charge in [-0.3, -0.25) is 19.2 Å². The Balaban J connectivity index is 2.88. The van der Waals surface area contributed by atoms with Gasteiger partial charge in [-0.25, -0.2) is 0 Å². The van der Waals surface area contributed by atoms with Crippen LogP contribution in [0.5, 0.6) is 0 Å². The SMILES string of the molecule is CC(=O)CC(=O)OC(C)C(C(=O)OCc1ccccc1)C(=O)OC(C)(C)C. The minimum absolute atomic E-state index is 0.0346. The van der Waals surface area contributed by atoms with Gasteiger partial charge in [0.05, 0.1) is 0 Å². The van der Waals surface area contributed by atoms with E-state index in [4.69, 9.17) is 14.2 Å². The van der Waals surface area contributed by atoms with Crippen molar-refractivity contribution in [1.82, 2.24) is 0 Å². The summed E-state index contributed by atoms with van der Waals surface area (Å²) in [7, 11) is 0. The van der Waals surface area contributed by atoms with E-state index in [1.807, 2.05) is 6.07 Å². The summed E-state index contributed by atoms with van der Waals surface area (Å²) in [5, 5.41) is 0. The molecule has 2 atom stereocenters. The molecule has 2 unspecified atom stereocenters. The monoisotopic (exact) mass is 378 g/mol. The zero-order valence-electron chi connectivity index (χ0n) is 16.3. The highest BCUT2D eigenvalue weighted by Crippen LogP contribution is 2.19. The Morgan fingerprint density at radius 2 is 1.59 bits per heavy atom. The van der Waals surface area contributed by atoms with Crippen LogP contribution in [0.4, 0.5) is 0 Å². The molecule has 0 radical (unpaired) electrons. The predicted octanol–water partition coefficient (Wildman–Crippen LogP) is 2.60. The molecule has 1 aromatic carbocycles. The zero-order chi connectivity index (χ0) is 20.6. The Bertz CT molecular complexity index is 673. The van der Waals surface area contributed by atoms with Gasteiger partial charge in [-0.1, -0.05) is 30.3 Å². The first kappa shape index (κ1) is 22.3. The first-order valence-electron chi connectivity index (χ1n) is 8.62. The van der Waals surface area contributed by atoms with Crippen LogP contribution >= 0.6 is 0 Å². The molecular formula is C20H26O7. The van der Waals surface area contributed by atoms with Crippen LogP contribution in [0.15, 0.2) is 30.3 Å². The second kappa shape index (κ2) is 9.85. The Labute approximate surface area is 159 Å². The van der Waals surface area contributed by atoms with Crippen molar-refractivity contribution in [2.75, 3.05) is 0 Å². The smallest absolute Gasteiger partial charge is 0.324 e. The molecule has 0 spiro atoms. The molecule has 0 aromatic heterocycles. The molecule has 0 heterocycles. The third-order valence-electron chi connectivity index (χ3n) is 3.32. The lowest BCUT2D eigenvalue weighted by atomic mass is 10.0. The van der Waals surface area contributed by atoms with E-state index < -0.39 is 42.0 Å². The minimum Gasteiger partial charge on any atom is -0.461 e. The number of Topliss-reactive ketones (excluding diaryl/α,β-unsaturated/α-hetero) is 1. The van der Waals surface area contributed by atoms with Crippen LogP contribution in [0.3, 0.4) is 0 Å². The van der Waals surface area contributed by atoms with E-state index in [0.717, 1.165) is 5.56 Å². The molecule has 7 heteroatoms. The fraction of sp³-hybridized carbons (Fsp3) is 0.500. The van der Waals surface area contributed by atoms with Crippen molar-refractivity contribution < 1.29 is 33.4 Å². The lowest BCUT2D eigenvalue weighted by Crippen LogP contribution is -2.41. The van der Waals surface area contributed by atoms with Crippen molar-refractivity contribution in [3.8, 4) is 0 Å². The summed E-state index contributed by atoms with van der Waals surface area (Å²) in [6.45, 7) is 7.56. The molecule has 0 fully saturated rings. The fourth-order valence-corrected chi connectivity index (χ4v) is 2.18. The molecule has 0 N–H and O–H groups in total. The van der Waals surface area contributed by atoms with Crippen molar-refractivity contribution in [2.45, 2.75) is 59.4 Å². The summed E-state index contributed by atoms with van der Waals surface area (Å²) in [6.07, 6.45) is -1.58. The van der Waals surface area contributed by atoms with Gasteiger partial charge >= 0.3 is 17.9 Å². The van der Waals surface area contributed by atoms with Crippen molar-refractivity contribution in [2.24, 2.45) is 5.92 Å². The molecule has 0 aliphatic carbocycles. The number of benzene rings is 1. The van der Waals surface area contributed by atoms with Crippen LogP contribution in [0.2, 0.25) is 0 Å². The molecule has 0 saturated heterocycles. The minimum atomic E-state index is -1.45. The maximum absolute atomic E-state index is 12.5. The van der Waals surface area contributed by atoms with Crippen molar-refractivity contribution >= 4 is 23.7 Å². The lowest BCUT2D eigenvalue weighted by molar-refractivity contribution is -0.178. The van der Waals surface area contributed by atoms with Gasteiger partial charge in [0, 0.05) is 0 Å². The summed E-state index contributed by atoms with van der Waals surface area (Å²) in [6, 6.07) is 8.95. The van der Waals surface area contributed by atoms with Crippen LogP contribution in [-0.4, -0.2) is 35.4 Å². The van der Waals surface area contributed by atoms with Crippen molar-refractivity contribution in [3.63, 3.8) is 0 Å². The Kier molecular flexibility index (Phi) is 8.15. The number of carbonyl (C=O) groups excluding carboxylic acids is 4. The van der Waals surface area contributed by atoms with Gasteiger partial charge < -0.3 is 14.2 Å². The summed E-state index contributed by atoms with van der Waals surface area (Å²) in [5.74, 6) is -4.38. The van der Waals surface area contributed by atoms with Gasteiger partial charge in [0.1, 0.15) is 30.5 Å². The standard InChI is InChI=1S/C20H26O7/c1-13(21)11-16(22)26-14(2)17(19(24)27-20(3,4)5)18(23)25-12-15-9-7-6-8-10-15/h6-10,14,17H,11-12H2,1-5H3. The number of esters is 3. The third-order valence-corrected chi connectivity index (χ3v) is 3.32. The largest absolute Gasteiger partial charge is 0.461 e. The summed E-state index contributed by atoms with van der Waals surface area (Å²) >= 11 is 0. The Morgan fingerprint density at radius 1 is 1.00 bits per heavy atom. The molecule has 7 nitrogen and oxygen atoms in total. The number of hydrogen-bond acceptors (Lipinski definition) is 7. The second-order valence-electron chi connectivity index (χ2n) is 7.18. The molecular weight excluding hydrogens is 352 g/mol. The number of hydrogen-bond donors (Lipinski definition) is 0. The number of carbonyl (C=O) groups is 4. The Hall–Kier alpha value is -2.70. The number of ether oxygens (including phenoxy) is 3. The number of ketones is 1. The second-order valence-corrected chi connectivity index (χ2v) is 7.18. The summed E-state index contributed by atoms with van der Waals surface area (Å²) in [4.78, 5) is 47.8. The van der Waals surface area contributed by atoms with Crippen LogP contribution in [0, 0.1) is 5.92 Å². The van der Waals surface area contributed by atoms with Crippen LogP contribution in [0.1, 0.15) is 46.6 Å². The third kappa shape index (κ3) is 8.48. The van der Waals surface area contributed by atoms with Gasteiger partial charge in [-0.2, -0.15) is 0 Å². The van der Waals surface area contributed by atoms with E-state index in [1.54, 1.807) is 45.0 Å². The quantitative estimate of drug-likeness (QED) is 0.390. The van der Waals surface area contributed by atoms with E-state index in [9.17, 15) is 19.2 Å². The van der Waals surface area contributed by atoms with Gasteiger partial charge in [0.25, 0.3) is 0 Å². The van der Waals surface area contributed by atoms with E-state index in [1.165, 1.54) is 13.8 Å². The van der Waals surface area contributed by atoms with Gasteiger partial charge in [0.15, 0.2) is 5.92 Å². The summed E-state index contributed by atoms with van der Waals surface area (Å²) < 4.78 is 15.5. The van der Waals surface area contributed by atoms with E-state index in [0.29, 0.717) is 0 Å². The van der Waals surface area contributed by atoms with E-state index in [2.05, 4.69) is 0 Å². The highest BCUT2D eigenvalue weighted by atomic mass is 16.6. The first-order chi connectivity index (χ1) is 12.5. The fourth-order valence-electron chi connectivity index (χ4n) is 2.18. The highest BCUT2D eigenvalue weighted by Gasteiger charge is 2.39. The maximum Gasteiger partial charge on any atom is 0.324 e. The van der Waals surface area contributed by atoms with E-state index in [-0.39, 0.29) is 12.4 Å². The highest BCUT2D eigenvalue weighted by molar-refractivity contribution is 5.97. The van der Waals surface area contributed by atoms with Crippen LogP contribution < -0.4 is 0 Å². The lowest BCUT2D eigenvalue weighted by Gasteiger charge is -2.26. The van der Waals surface area contributed by atoms with Crippen molar-refractivity contribution in [1.29, 1.82) is 0 Å². The Morgan fingerprint density at radius 3 is 2.11 bits per heavy atom. The molecule has 0 bridgehead atoms. The molecule has 1 aromatic rings. The average molecular weight is 378 g/mol. The molecule has 1 rings (SSSR count). The molecule has 148 valence electrons. The normalized spacial score (nSPS) is 13.2. The summed E-state index contributed by atoms with van der Waals surface area (Å²) in [5.41, 5.74) is -0.0898. The van der Waals surface area contributed by atoms with Gasteiger partial charge in [0.2, 0.25) is 0 Å². The predicted molar refractivity (Wildman–Crippen MR) is 96.4 cm³/mol. The topological polar surface area (TPSA) is 96.0 Å². The zero-order valence-corrected chi connectivity index (χ0v) is 16.3.